The van der Waals surface area contributed by atoms with Gasteiger partial charge >= 0.3 is 0 Å². The molecule has 1 aliphatic carbocycles. The van der Waals surface area contributed by atoms with Crippen LogP contribution in [0.2, 0.25) is 0 Å². The van der Waals surface area contributed by atoms with Gasteiger partial charge in [0.25, 0.3) is 0 Å². The zero-order chi connectivity index (χ0) is 11.4. The Morgan fingerprint density at radius 2 is 2.56 bits per heavy atom. The average Bonchev–Trinajstić information content (AvgIpc) is 2.95. The minimum Gasteiger partial charge on any atom is -0.310 e. The quantitative estimate of drug-likeness (QED) is 0.852. The highest BCUT2D eigenvalue weighted by Crippen LogP contribution is 2.28. The summed E-state index contributed by atoms with van der Waals surface area (Å²) >= 11 is 2.00. The summed E-state index contributed by atoms with van der Waals surface area (Å²) in [6, 6.07) is 0.685. The SMILES string of the molecule is C=Cn1cc(CNC2CCC(SC)C2)cn1. The molecule has 0 aromatic carbocycles. The van der Waals surface area contributed by atoms with E-state index in [0.29, 0.717) is 6.04 Å². The zero-order valence-electron chi connectivity index (χ0n) is 9.72. The van der Waals surface area contributed by atoms with Gasteiger partial charge in [0.05, 0.1) is 6.20 Å². The van der Waals surface area contributed by atoms with Gasteiger partial charge in [-0.25, -0.2) is 4.68 Å². The molecule has 1 aromatic heterocycles. The van der Waals surface area contributed by atoms with Crippen LogP contribution in [-0.2, 0) is 6.54 Å². The van der Waals surface area contributed by atoms with Gasteiger partial charge in [-0.05, 0) is 25.5 Å². The minimum atomic E-state index is 0.685. The van der Waals surface area contributed by atoms with Gasteiger partial charge in [0.1, 0.15) is 0 Å². The molecule has 1 N–H and O–H groups in total. The molecule has 3 nitrogen and oxygen atoms in total. The van der Waals surface area contributed by atoms with Gasteiger partial charge in [0.15, 0.2) is 0 Å². The monoisotopic (exact) mass is 237 g/mol. The standard InChI is InChI=1S/C12H19N3S/c1-3-15-9-10(8-14-15)7-13-11-4-5-12(6-11)16-2/h3,8-9,11-13H,1,4-7H2,2H3. The molecule has 2 atom stereocenters. The summed E-state index contributed by atoms with van der Waals surface area (Å²) in [6.07, 6.45) is 11.8. The molecule has 1 saturated carbocycles. The van der Waals surface area contributed by atoms with Crippen molar-refractivity contribution in [2.75, 3.05) is 6.26 Å². The average molecular weight is 237 g/mol. The second-order valence-electron chi connectivity index (χ2n) is 4.26. The molecule has 0 bridgehead atoms. The fraction of sp³-hybridized carbons (Fsp3) is 0.583. The van der Waals surface area contributed by atoms with Crippen LogP contribution < -0.4 is 5.32 Å². The van der Waals surface area contributed by atoms with Crippen LogP contribution >= 0.6 is 11.8 Å². The molecule has 0 radical (unpaired) electrons. The van der Waals surface area contributed by atoms with Crippen molar-refractivity contribution >= 4 is 18.0 Å². The maximum Gasteiger partial charge on any atom is 0.0538 e. The third-order valence-corrected chi connectivity index (χ3v) is 4.25. The van der Waals surface area contributed by atoms with Crippen LogP contribution in [0.15, 0.2) is 19.0 Å². The molecule has 16 heavy (non-hydrogen) atoms. The summed E-state index contributed by atoms with van der Waals surface area (Å²) in [4.78, 5) is 0. The lowest BCUT2D eigenvalue weighted by molar-refractivity contribution is 0.525. The topological polar surface area (TPSA) is 29.9 Å². The molecular weight excluding hydrogens is 218 g/mol. The van der Waals surface area contributed by atoms with Crippen molar-refractivity contribution in [2.45, 2.75) is 37.1 Å². The van der Waals surface area contributed by atoms with Crippen LogP contribution in [-0.4, -0.2) is 27.3 Å². The van der Waals surface area contributed by atoms with Gasteiger partial charge in [-0.15, -0.1) is 0 Å². The Balaban J connectivity index is 1.77. The van der Waals surface area contributed by atoms with E-state index >= 15 is 0 Å². The Kier molecular flexibility index (Phi) is 4.07. The van der Waals surface area contributed by atoms with E-state index in [0.717, 1.165) is 11.8 Å². The molecule has 2 unspecified atom stereocenters. The van der Waals surface area contributed by atoms with Crippen molar-refractivity contribution < 1.29 is 0 Å². The first kappa shape index (κ1) is 11.7. The molecule has 1 aromatic rings. The maximum atomic E-state index is 4.17. The van der Waals surface area contributed by atoms with Crippen LogP contribution in [0.4, 0.5) is 0 Å². The van der Waals surface area contributed by atoms with E-state index in [-0.39, 0.29) is 0 Å². The summed E-state index contributed by atoms with van der Waals surface area (Å²) in [5.41, 5.74) is 1.23. The van der Waals surface area contributed by atoms with Gasteiger partial charge in [-0.2, -0.15) is 16.9 Å². The van der Waals surface area contributed by atoms with Crippen LogP contribution in [0, 0.1) is 0 Å². The van der Waals surface area contributed by atoms with E-state index in [2.05, 4.69) is 23.3 Å². The summed E-state index contributed by atoms with van der Waals surface area (Å²) in [5, 5.41) is 8.62. The minimum absolute atomic E-state index is 0.685. The normalized spacial score (nSPS) is 24.8. The smallest absolute Gasteiger partial charge is 0.0538 e. The third kappa shape index (κ3) is 2.89. The zero-order valence-corrected chi connectivity index (χ0v) is 10.5. The van der Waals surface area contributed by atoms with E-state index in [4.69, 9.17) is 0 Å². The Hall–Kier alpha value is -0.740. The Morgan fingerprint density at radius 3 is 3.19 bits per heavy atom. The van der Waals surface area contributed by atoms with Crippen molar-refractivity contribution in [1.82, 2.24) is 15.1 Å². The van der Waals surface area contributed by atoms with Crippen molar-refractivity contribution in [1.29, 1.82) is 0 Å². The first-order chi connectivity index (χ1) is 7.81. The van der Waals surface area contributed by atoms with Crippen molar-refractivity contribution in [2.24, 2.45) is 0 Å². The van der Waals surface area contributed by atoms with Crippen LogP contribution in [0.5, 0.6) is 0 Å². The van der Waals surface area contributed by atoms with Crippen molar-refractivity contribution in [3.05, 3.63) is 24.5 Å². The highest BCUT2D eigenvalue weighted by atomic mass is 32.2. The lowest BCUT2D eigenvalue weighted by Crippen LogP contribution is -2.25. The molecule has 1 heterocycles. The maximum absolute atomic E-state index is 4.17. The molecule has 0 aliphatic heterocycles. The third-order valence-electron chi connectivity index (χ3n) is 3.15. The predicted octanol–water partition coefficient (Wildman–Crippen LogP) is 2.36. The first-order valence-corrected chi connectivity index (χ1v) is 7.02. The van der Waals surface area contributed by atoms with Crippen molar-refractivity contribution in [3.8, 4) is 0 Å². The molecular formula is C12H19N3S. The number of nitrogens with zero attached hydrogens (tertiary/aromatic N) is 2. The molecule has 88 valence electrons. The van der Waals surface area contributed by atoms with E-state index in [1.165, 1.54) is 24.8 Å². The van der Waals surface area contributed by atoms with Crippen LogP contribution in [0.25, 0.3) is 6.20 Å². The molecule has 4 heteroatoms. The largest absolute Gasteiger partial charge is 0.310 e. The lowest BCUT2D eigenvalue weighted by Gasteiger charge is -2.11. The number of hydrogen-bond donors (Lipinski definition) is 1. The number of rotatable bonds is 5. The van der Waals surface area contributed by atoms with Gasteiger partial charge in [-0.3, -0.25) is 0 Å². The number of thioether (sulfide) groups is 1. The Bertz CT molecular complexity index is 348. The van der Waals surface area contributed by atoms with Gasteiger partial charge in [0, 0.05) is 35.8 Å². The number of nitrogens with one attached hydrogen (secondary N) is 1. The fourth-order valence-electron chi connectivity index (χ4n) is 2.17. The summed E-state index contributed by atoms with van der Waals surface area (Å²) in [7, 11) is 0. The number of aromatic nitrogens is 2. The lowest BCUT2D eigenvalue weighted by atomic mass is 10.2. The molecule has 0 saturated heterocycles. The van der Waals surface area contributed by atoms with Crippen LogP contribution in [0.3, 0.4) is 0 Å². The number of hydrogen-bond acceptors (Lipinski definition) is 3. The molecule has 0 spiro atoms. The van der Waals surface area contributed by atoms with E-state index in [1.54, 1.807) is 10.9 Å². The highest BCUT2D eigenvalue weighted by molar-refractivity contribution is 7.99. The van der Waals surface area contributed by atoms with Crippen molar-refractivity contribution in [3.63, 3.8) is 0 Å². The molecule has 1 fully saturated rings. The Morgan fingerprint density at radius 1 is 1.69 bits per heavy atom. The molecule has 0 amide bonds. The van der Waals surface area contributed by atoms with Crippen LogP contribution in [0.1, 0.15) is 24.8 Å². The predicted molar refractivity (Wildman–Crippen MR) is 70.4 cm³/mol. The highest BCUT2D eigenvalue weighted by Gasteiger charge is 2.23. The van der Waals surface area contributed by atoms with E-state index < -0.39 is 0 Å². The second kappa shape index (κ2) is 5.55. The summed E-state index contributed by atoms with van der Waals surface area (Å²) < 4.78 is 1.75. The van der Waals surface area contributed by atoms with Gasteiger partial charge in [-0.1, -0.05) is 6.58 Å². The van der Waals surface area contributed by atoms with E-state index in [1.807, 2.05) is 24.2 Å². The molecule has 1 aliphatic rings. The summed E-state index contributed by atoms with van der Waals surface area (Å²) in [6.45, 7) is 4.60. The van der Waals surface area contributed by atoms with Gasteiger partial charge < -0.3 is 5.32 Å². The fourth-order valence-corrected chi connectivity index (χ4v) is 2.97. The Labute approximate surface area is 101 Å². The van der Waals surface area contributed by atoms with E-state index in [9.17, 15) is 0 Å². The summed E-state index contributed by atoms with van der Waals surface area (Å²) in [5.74, 6) is 0. The first-order valence-electron chi connectivity index (χ1n) is 5.73. The second-order valence-corrected chi connectivity index (χ2v) is 5.40. The van der Waals surface area contributed by atoms with Gasteiger partial charge in [0.2, 0.25) is 0 Å². The molecule has 2 rings (SSSR count).